The number of ether oxygens (including phenoxy) is 1. The van der Waals surface area contributed by atoms with Crippen LogP contribution < -0.4 is 10.1 Å². The Morgan fingerprint density at radius 1 is 1.23 bits per heavy atom. The van der Waals surface area contributed by atoms with E-state index in [2.05, 4.69) is 50.0 Å². The van der Waals surface area contributed by atoms with Crippen LogP contribution in [0.25, 0.3) is 0 Å². The predicted molar refractivity (Wildman–Crippen MR) is 108 cm³/mol. The van der Waals surface area contributed by atoms with E-state index in [0.717, 1.165) is 24.6 Å². The number of hydrogen-bond donors (Lipinski definition) is 1. The summed E-state index contributed by atoms with van der Waals surface area (Å²) in [4.78, 5) is 14.7. The number of amides is 1. The first-order chi connectivity index (χ1) is 12.3. The maximum atomic E-state index is 12.2. The fourth-order valence-corrected chi connectivity index (χ4v) is 3.23. The summed E-state index contributed by atoms with van der Waals surface area (Å²) in [5.41, 5.74) is 1.38. The summed E-state index contributed by atoms with van der Waals surface area (Å²) >= 11 is 0. The fraction of sp³-hybridized carbons (Fsp3) is 0.682. The minimum atomic E-state index is -0.480. The van der Waals surface area contributed by atoms with E-state index in [4.69, 9.17) is 4.74 Å². The van der Waals surface area contributed by atoms with Crippen molar-refractivity contribution in [3.8, 4) is 5.75 Å². The van der Waals surface area contributed by atoms with Crippen LogP contribution in [0.4, 0.5) is 0 Å². The van der Waals surface area contributed by atoms with Crippen molar-refractivity contribution in [2.24, 2.45) is 5.92 Å². The van der Waals surface area contributed by atoms with E-state index in [1.54, 1.807) is 6.92 Å². The molecule has 26 heavy (non-hydrogen) atoms. The molecule has 0 aromatic heterocycles. The molecular formula is C22H36N2O2. The Bertz CT molecular complexity index is 555. The van der Waals surface area contributed by atoms with Crippen molar-refractivity contribution < 1.29 is 9.53 Å². The molecule has 1 fully saturated rings. The van der Waals surface area contributed by atoms with Gasteiger partial charge in [-0.05, 0) is 74.8 Å². The predicted octanol–water partition coefficient (Wildman–Crippen LogP) is 3.99. The van der Waals surface area contributed by atoms with Crippen LogP contribution >= 0.6 is 0 Å². The molecule has 1 heterocycles. The van der Waals surface area contributed by atoms with Gasteiger partial charge in [-0.25, -0.2) is 0 Å². The van der Waals surface area contributed by atoms with Crippen LogP contribution in [-0.2, 0) is 10.2 Å². The molecule has 1 atom stereocenters. The zero-order valence-electron chi connectivity index (χ0n) is 17.2. The van der Waals surface area contributed by atoms with Gasteiger partial charge in [0, 0.05) is 6.54 Å². The first-order valence-electron chi connectivity index (χ1n) is 10.0. The van der Waals surface area contributed by atoms with Crippen LogP contribution in [-0.4, -0.2) is 43.1 Å². The van der Waals surface area contributed by atoms with E-state index in [-0.39, 0.29) is 11.3 Å². The SMILES string of the molecule is CC1CCN(CCCNC(=O)C(C)Oc2ccc(C(C)(C)C)cc2)CC1. The van der Waals surface area contributed by atoms with Crippen LogP contribution in [0.1, 0.15) is 59.4 Å². The average molecular weight is 361 g/mol. The zero-order chi connectivity index (χ0) is 19.2. The topological polar surface area (TPSA) is 41.6 Å². The maximum Gasteiger partial charge on any atom is 0.260 e. The summed E-state index contributed by atoms with van der Waals surface area (Å²) in [6.45, 7) is 14.8. The Balaban J connectivity index is 1.67. The van der Waals surface area contributed by atoms with Crippen molar-refractivity contribution >= 4 is 5.91 Å². The van der Waals surface area contributed by atoms with Crippen molar-refractivity contribution in [2.75, 3.05) is 26.2 Å². The Kier molecular flexibility index (Phi) is 7.51. The highest BCUT2D eigenvalue weighted by molar-refractivity contribution is 5.80. The zero-order valence-corrected chi connectivity index (χ0v) is 17.2. The Morgan fingerprint density at radius 2 is 1.85 bits per heavy atom. The van der Waals surface area contributed by atoms with Crippen molar-refractivity contribution in [2.45, 2.75) is 65.4 Å². The summed E-state index contributed by atoms with van der Waals surface area (Å²) in [6.07, 6.45) is 3.11. The summed E-state index contributed by atoms with van der Waals surface area (Å²) in [5.74, 6) is 1.56. The first-order valence-corrected chi connectivity index (χ1v) is 10.0. The third kappa shape index (κ3) is 6.64. The number of carbonyl (C=O) groups is 1. The largest absolute Gasteiger partial charge is 0.481 e. The van der Waals surface area contributed by atoms with Gasteiger partial charge in [-0.15, -0.1) is 0 Å². The second-order valence-corrected chi connectivity index (χ2v) is 8.70. The Hall–Kier alpha value is -1.55. The van der Waals surface area contributed by atoms with Gasteiger partial charge in [0.2, 0.25) is 0 Å². The maximum absolute atomic E-state index is 12.2. The molecule has 0 saturated carbocycles. The third-order valence-corrected chi connectivity index (χ3v) is 5.23. The molecule has 1 saturated heterocycles. The van der Waals surface area contributed by atoms with E-state index in [1.165, 1.54) is 31.5 Å². The van der Waals surface area contributed by atoms with Gasteiger partial charge in [0.15, 0.2) is 6.10 Å². The van der Waals surface area contributed by atoms with Crippen molar-refractivity contribution in [1.82, 2.24) is 10.2 Å². The molecule has 1 aliphatic rings. The Labute approximate surface area is 159 Å². The van der Waals surface area contributed by atoms with Crippen LogP contribution in [0.15, 0.2) is 24.3 Å². The highest BCUT2D eigenvalue weighted by Gasteiger charge is 2.17. The molecule has 0 aliphatic carbocycles. The number of benzene rings is 1. The van der Waals surface area contributed by atoms with Crippen LogP contribution in [0.3, 0.4) is 0 Å². The lowest BCUT2D eigenvalue weighted by Crippen LogP contribution is -2.39. The first kappa shape index (κ1) is 20.8. The van der Waals surface area contributed by atoms with Crippen LogP contribution in [0.5, 0.6) is 5.75 Å². The molecule has 1 aromatic rings. The third-order valence-electron chi connectivity index (χ3n) is 5.23. The molecule has 1 amide bonds. The molecule has 1 aliphatic heterocycles. The van der Waals surface area contributed by atoms with E-state index < -0.39 is 6.10 Å². The number of hydrogen-bond acceptors (Lipinski definition) is 3. The monoisotopic (exact) mass is 360 g/mol. The molecule has 1 unspecified atom stereocenters. The normalized spacial score (nSPS) is 17.7. The molecular weight excluding hydrogens is 324 g/mol. The highest BCUT2D eigenvalue weighted by atomic mass is 16.5. The standard InChI is InChI=1S/C22H36N2O2/c1-17-11-15-24(16-12-17)14-6-13-23-21(25)18(2)26-20-9-7-19(8-10-20)22(3,4)5/h7-10,17-18H,6,11-16H2,1-5H3,(H,23,25). The van der Waals surface area contributed by atoms with Gasteiger partial charge in [-0.1, -0.05) is 39.8 Å². The minimum absolute atomic E-state index is 0.0443. The van der Waals surface area contributed by atoms with Crippen molar-refractivity contribution in [1.29, 1.82) is 0 Å². The molecule has 4 heteroatoms. The lowest BCUT2D eigenvalue weighted by atomic mass is 9.87. The number of nitrogens with zero attached hydrogens (tertiary/aromatic N) is 1. The van der Waals surface area contributed by atoms with Crippen molar-refractivity contribution in [3.05, 3.63) is 29.8 Å². The molecule has 1 aromatic carbocycles. The second-order valence-electron chi connectivity index (χ2n) is 8.70. The van der Waals surface area contributed by atoms with Gasteiger partial charge >= 0.3 is 0 Å². The Morgan fingerprint density at radius 3 is 2.42 bits per heavy atom. The number of likely N-dealkylation sites (tertiary alicyclic amines) is 1. The molecule has 2 rings (SSSR count). The number of nitrogens with one attached hydrogen (secondary N) is 1. The quantitative estimate of drug-likeness (QED) is 0.748. The summed E-state index contributed by atoms with van der Waals surface area (Å²) in [5, 5.41) is 3.00. The molecule has 4 nitrogen and oxygen atoms in total. The van der Waals surface area contributed by atoms with Gasteiger partial charge in [-0.3, -0.25) is 4.79 Å². The average Bonchev–Trinajstić information content (AvgIpc) is 2.59. The van der Waals surface area contributed by atoms with E-state index in [9.17, 15) is 4.79 Å². The van der Waals surface area contributed by atoms with Gasteiger partial charge < -0.3 is 15.0 Å². The van der Waals surface area contributed by atoms with Crippen LogP contribution in [0, 0.1) is 5.92 Å². The minimum Gasteiger partial charge on any atom is -0.481 e. The lowest BCUT2D eigenvalue weighted by molar-refractivity contribution is -0.127. The van der Waals surface area contributed by atoms with Crippen LogP contribution in [0.2, 0.25) is 0 Å². The van der Waals surface area contributed by atoms with Gasteiger partial charge in [0.25, 0.3) is 5.91 Å². The summed E-state index contributed by atoms with van der Waals surface area (Å²) in [7, 11) is 0. The summed E-state index contributed by atoms with van der Waals surface area (Å²) < 4.78 is 5.78. The fourth-order valence-electron chi connectivity index (χ4n) is 3.23. The van der Waals surface area contributed by atoms with Crippen molar-refractivity contribution in [3.63, 3.8) is 0 Å². The molecule has 1 N–H and O–H groups in total. The number of rotatable bonds is 7. The van der Waals surface area contributed by atoms with E-state index >= 15 is 0 Å². The highest BCUT2D eigenvalue weighted by Crippen LogP contribution is 2.24. The second kappa shape index (κ2) is 9.40. The smallest absolute Gasteiger partial charge is 0.260 e. The summed E-state index contributed by atoms with van der Waals surface area (Å²) in [6, 6.07) is 8.03. The number of carbonyl (C=O) groups excluding carboxylic acids is 1. The van der Waals surface area contributed by atoms with E-state index in [0.29, 0.717) is 6.54 Å². The van der Waals surface area contributed by atoms with Gasteiger partial charge in [0.05, 0.1) is 0 Å². The van der Waals surface area contributed by atoms with E-state index in [1.807, 2.05) is 12.1 Å². The van der Waals surface area contributed by atoms with Gasteiger partial charge in [-0.2, -0.15) is 0 Å². The molecule has 0 bridgehead atoms. The van der Waals surface area contributed by atoms with Gasteiger partial charge in [0.1, 0.15) is 5.75 Å². The molecule has 146 valence electrons. The molecule has 0 spiro atoms. The lowest BCUT2D eigenvalue weighted by Gasteiger charge is -2.30. The number of piperidine rings is 1. The molecule has 0 radical (unpaired) electrons.